The number of methoxy groups -OCH3 is 1. The number of para-hydroxylation sites is 1. The van der Waals surface area contributed by atoms with Gasteiger partial charge in [-0.3, -0.25) is 0 Å². The molecule has 0 aliphatic heterocycles. The van der Waals surface area contributed by atoms with Gasteiger partial charge in [0.1, 0.15) is 11.5 Å². The fourth-order valence-electron chi connectivity index (χ4n) is 2.19. The maximum absolute atomic E-state index is 5.62. The zero-order valence-corrected chi connectivity index (χ0v) is 12.8. The highest BCUT2D eigenvalue weighted by Crippen LogP contribution is 2.17. The van der Waals surface area contributed by atoms with E-state index in [2.05, 4.69) is 23.5 Å². The molecule has 3 nitrogen and oxygen atoms in total. The van der Waals surface area contributed by atoms with Gasteiger partial charge in [-0.2, -0.15) is 0 Å². The number of ether oxygens (including phenoxy) is 2. The summed E-state index contributed by atoms with van der Waals surface area (Å²) in [4.78, 5) is 0. The van der Waals surface area contributed by atoms with Crippen LogP contribution in [0.3, 0.4) is 0 Å². The Labute approximate surface area is 126 Å². The molecule has 0 aliphatic carbocycles. The third kappa shape index (κ3) is 4.80. The van der Waals surface area contributed by atoms with Gasteiger partial charge in [0.15, 0.2) is 0 Å². The van der Waals surface area contributed by atoms with E-state index in [0.717, 1.165) is 31.0 Å². The van der Waals surface area contributed by atoms with E-state index in [9.17, 15) is 0 Å². The van der Waals surface area contributed by atoms with Crippen LogP contribution in [0.4, 0.5) is 0 Å². The van der Waals surface area contributed by atoms with Crippen molar-refractivity contribution in [1.29, 1.82) is 0 Å². The lowest BCUT2D eigenvalue weighted by molar-refractivity contribution is 0.335. The molecule has 2 aromatic rings. The minimum absolute atomic E-state index is 0.697. The van der Waals surface area contributed by atoms with E-state index in [1.807, 2.05) is 37.3 Å². The van der Waals surface area contributed by atoms with E-state index in [0.29, 0.717) is 6.61 Å². The number of benzene rings is 2. The van der Waals surface area contributed by atoms with Crippen LogP contribution in [0.25, 0.3) is 0 Å². The van der Waals surface area contributed by atoms with Crippen molar-refractivity contribution < 1.29 is 9.47 Å². The third-order valence-corrected chi connectivity index (χ3v) is 3.34. The molecule has 0 radical (unpaired) electrons. The Morgan fingerprint density at radius 3 is 2.48 bits per heavy atom. The van der Waals surface area contributed by atoms with E-state index in [1.54, 1.807) is 7.11 Å². The molecule has 0 aromatic heterocycles. The zero-order chi connectivity index (χ0) is 14.9. The zero-order valence-electron chi connectivity index (χ0n) is 12.8. The van der Waals surface area contributed by atoms with Crippen LogP contribution in [0.15, 0.2) is 48.5 Å². The van der Waals surface area contributed by atoms with Crippen molar-refractivity contribution in [3.8, 4) is 11.5 Å². The van der Waals surface area contributed by atoms with Crippen molar-refractivity contribution in [2.45, 2.75) is 19.9 Å². The van der Waals surface area contributed by atoms with Crippen molar-refractivity contribution in [2.24, 2.45) is 0 Å². The van der Waals surface area contributed by atoms with Crippen molar-refractivity contribution in [2.75, 3.05) is 20.3 Å². The summed E-state index contributed by atoms with van der Waals surface area (Å²) in [5.41, 5.74) is 2.51. The maximum Gasteiger partial charge on any atom is 0.123 e. The van der Waals surface area contributed by atoms with E-state index in [-0.39, 0.29) is 0 Å². The first-order valence-electron chi connectivity index (χ1n) is 7.38. The monoisotopic (exact) mass is 285 g/mol. The molecule has 21 heavy (non-hydrogen) atoms. The normalized spacial score (nSPS) is 10.4. The highest BCUT2D eigenvalue weighted by atomic mass is 16.5. The molecular formula is C18H23NO2. The predicted octanol–water partition coefficient (Wildman–Crippen LogP) is 3.43. The Morgan fingerprint density at radius 2 is 1.76 bits per heavy atom. The van der Waals surface area contributed by atoms with Gasteiger partial charge in [-0.25, -0.2) is 0 Å². The lowest BCUT2D eigenvalue weighted by Gasteiger charge is -2.11. The quantitative estimate of drug-likeness (QED) is 0.754. The maximum atomic E-state index is 5.62. The van der Waals surface area contributed by atoms with Gasteiger partial charge in [0.2, 0.25) is 0 Å². The minimum Gasteiger partial charge on any atom is -0.497 e. The van der Waals surface area contributed by atoms with Crippen LogP contribution in [-0.4, -0.2) is 20.3 Å². The summed E-state index contributed by atoms with van der Waals surface area (Å²) in [6, 6.07) is 16.4. The minimum atomic E-state index is 0.697. The summed E-state index contributed by atoms with van der Waals surface area (Å²) in [5, 5.41) is 3.47. The van der Waals surface area contributed by atoms with Gasteiger partial charge in [0, 0.05) is 12.1 Å². The Bertz CT molecular complexity index is 537. The van der Waals surface area contributed by atoms with E-state index in [4.69, 9.17) is 9.47 Å². The lowest BCUT2D eigenvalue weighted by atomic mass is 10.1. The molecule has 0 fully saturated rings. The number of rotatable bonds is 8. The SMILES string of the molecule is CCOc1ccccc1CNCCc1ccc(OC)cc1. The largest absolute Gasteiger partial charge is 0.497 e. The Kier molecular flexibility index (Phi) is 6.10. The second kappa shape index (κ2) is 8.32. The van der Waals surface area contributed by atoms with Gasteiger partial charge in [-0.05, 0) is 43.7 Å². The van der Waals surface area contributed by atoms with Crippen LogP contribution in [0, 0.1) is 0 Å². The fraction of sp³-hybridized carbons (Fsp3) is 0.333. The van der Waals surface area contributed by atoms with Crippen LogP contribution in [0.1, 0.15) is 18.1 Å². The highest BCUT2D eigenvalue weighted by molar-refractivity contribution is 5.33. The Morgan fingerprint density at radius 1 is 1.00 bits per heavy atom. The molecule has 1 N–H and O–H groups in total. The summed E-state index contributed by atoms with van der Waals surface area (Å²) in [6.07, 6.45) is 1.00. The van der Waals surface area contributed by atoms with E-state index in [1.165, 1.54) is 11.1 Å². The molecule has 0 saturated carbocycles. The average molecular weight is 285 g/mol. The van der Waals surface area contributed by atoms with Crippen LogP contribution in [-0.2, 0) is 13.0 Å². The number of hydrogen-bond donors (Lipinski definition) is 1. The molecule has 3 heteroatoms. The van der Waals surface area contributed by atoms with Gasteiger partial charge in [-0.1, -0.05) is 30.3 Å². The van der Waals surface area contributed by atoms with Gasteiger partial charge in [-0.15, -0.1) is 0 Å². The van der Waals surface area contributed by atoms with Crippen LogP contribution in [0.2, 0.25) is 0 Å². The molecule has 2 aromatic carbocycles. The number of nitrogens with one attached hydrogen (secondary N) is 1. The Balaban J connectivity index is 1.79. The van der Waals surface area contributed by atoms with Crippen molar-refractivity contribution in [1.82, 2.24) is 5.32 Å². The van der Waals surface area contributed by atoms with Crippen molar-refractivity contribution >= 4 is 0 Å². The van der Waals surface area contributed by atoms with Crippen LogP contribution >= 0.6 is 0 Å². The van der Waals surface area contributed by atoms with Crippen molar-refractivity contribution in [3.05, 3.63) is 59.7 Å². The van der Waals surface area contributed by atoms with Crippen LogP contribution in [0.5, 0.6) is 11.5 Å². The van der Waals surface area contributed by atoms with Gasteiger partial charge < -0.3 is 14.8 Å². The molecule has 0 unspecified atom stereocenters. The first kappa shape index (κ1) is 15.4. The average Bonchev–Trinajstić information content (AvgIpc) is 2.54. The molecule has 2 rings (SSSR count). The van der Waals surface area contributed by atoms with Gasteiger partial charge >= 0.3 is 0 Å². The summed E-state index contributed by atoms with van der Waals surface area (Å²) < 4.78 is 10.8. The number of hydrogen-bond acceptors (Lipinski definition) is 3. The van der Waals surface area contributed by atoms with Crippen LogP contribution < -0.4 is 14.8 Å². The van der Waals surface area contributed by atoms with Crippen molar-refractivity contribution in [3.63, 3.8) is 0 Å². The second-order valence-corrected chi connectivity index (χ2v) is 4.82. The molecule has 0 amide bonds. The molecule has 0 heterocycles. The first-order chi connectivity index (χ1) is 10.3. The summed E-state index contributed by atoms with van der Waals surface area (Å²) in [7, 11) is 1.69. The molecule has 0 atom stereocenters. The summed E-state index contributed by atoms with van der Waals surface area (Å²) >= 11 is 0. The molecule has 112 valence electrons. The molecular weight excluding hydrogens is 262 g/mol. The standard InChI is InChI=1S/C18H23NO2/c1-3-21-18-7-5-4-6-16(18)14-19-13-12-15-8-10-17(20-2)11-9-15/h4-11,19H,3,12-14H2,1-2H3. The summed E-state index contributed by atoms with van der Waals surface area (Å²) in [6.45, 7) is 4.47. The molecule has 0 bridgehead atoms. The lowest BCUT2D eigenvalue weighted by Crippen LogP contribution is -2.17. The predicted molar refractivity (Wildman–Crippen MR) is 86.0 cm³/mol. The Hall–Kier alpha value is -2.00. The molecule has 0 spiro atoms. The first-order valence-corrected chi connectivity index (χ1v) is 7.38. The third-order valence-electron chi connectivity index (χ3n) is 3.34. The van der Waals surface area contributed by atoms with Gasteiger partial charge in [0.25, 0.3) is 0 Å². The van der Waals surface area contributed by atoms with E-state index < -0.39 is 0 Å². The van der Waals surface area contributed by atoms with E-state index >= 15 is 0 Å². The highest BCUT2D eigenvalue weighted by Gasteiger charge is 2.01. The topological polar surface area (TPSA) is 30.5 Å². The van der Waals surface area contributed by atoms with Gasteiger partial charge in [0.05, 0.1) is 13.7 Å². The second-order valence-electron chi connectivity index (χ2n) is 4.82. The fourth-order valence-corrected chi connectivity index (χ4v) is 2.19. The smallest absolute Gasteiger partial charge is 0.123 e. The molecule has 0 saturated heterocycles. The summed E-state index contributed by atoms with van der Waals surface area (Å²) in [5.74, 6) is 1.87. The molecule has 0 aliphatic rings.